The van der Waals surface area contributed by atoms with Gasteiger partial charge in [-0.25, -0.2) is 0 Å². The van der Waals surface area contributed by atoms with Gasteiger partial charge in [0.05, 0.1) is 0 Å². The van der Waals surface area contributed by atoms with Crippen molar-refractivity contribution < 1.29 is 0 Å². The Kier molecular flexibility index (Phi) is 4.45. The smallest absolute Gasteiger partial charge is 0.0163 e. The number of alkyl halides is 1. The van der Waals surface area contributed by atoms with Crippen molar-refractivity contribution in [1.29, 1.82) is 0 Å². The minimum atomic E-state index is 0.466. The van der Waals surface area contributed by atoms with Gasteiger partial charge in [-0.05, 0) is 38.1 Å². The number of rotatable bonds is 2. The molecule has 0 N–H and O–H groups in total. The second-order valence-electron chi connectivity index (χ2n) is 5.48. The maximum Gasteiger partial charge on any atom is 0.0163 e. The van der Waals surface area contributed by atoms with E-state index in [0.717, 1.165) is 6.04 Å². The van der Waals surface area contributed by atoms with Gasteiger partial charge in [0.1, 0.15) is 0 Å². The lowest BCUT2D eigenvalue weighted by atomic mass is 9.88. The quantitative estimate of drug-likeness (QED) is 0.686. The van der Waals surface area contributed by atoms with Gasteiger partial charge in [-0.3, -0.25) is 0 Å². The average molecular weight is 262 g/mol. The van der Waals surface area contributed by atoms with E-state index in [4.69, 9.17) is 0 Å². The van der Waals surface area contributed by atoms with Crippen molar-refractivity contribution in [2.75, 3.05) is 13.1 Å². The van der Waals surface area contributed by atoms with Crippen LogP contribution in [0.3, 0.4) is 0 Å². The summed E-state index contributed by atoms with van der Waals surface area (Å²) in [5, 5.41) is 0. The Hall–Kier alpha value is 0.440. The Morgan fingerprint density at radius 3 is 2.71 bits per heavy atom. The van der Waals surface area contributed by atoms with Crippen LogP contribution in [0.4, 0.5) is 0 Å². The van der Waals surface area contributed by atoms with E-state index in [1.54, 1.807) is 0 Å². The largest absolute Gasteiger partial charge is 0.300 e. The van der Waals surface area contributed by atoms with E-state index >= 15 is 0 Å². The Morgan fingerprint density at radius 2 is 2.14 bits per heavy atom. The number of likely N-dealkylation sites (tertiary alicyclic amines) is 1. The lowest BCUT2D eigenvalue weighted by molar-refractivity contribution is 0.149. The monoisotopic (exact) mass is 261 g/mol. The Labute approximate surface area is 97.4 Å². The van der Waals surface area contributed by atoms with Crippen LogP contribution < -0.4 is 0 Å². The van der Waals surface area contributed by atoms with E-state index in [1.165, 1.54) is 32.4 Å². The molecule has 1 rings (SSSR count). The van der Waals surface area contributed by atoms with Crippen molar-refractivity contribution in [3.63, 3.8) is 0 Å². The van der Waals surface area contributed by atoms with Crippen LogP contribution in [0.2, 0.25) is 0 Å². The summed E-state index contributed by atoms with van der Waals surface area (Å²) in [6.07, 6.45) is 3.87. The topological polar surface area (TPSA) is 3.24 Å². The maximum absolute atomic E-state index is 3.79. The van der Waals surface area contributed by atoms with Crippen LogP contribution in [0.15, 0.2) is 0 Å². The van der Waals surface area contributed by atoms with Gasteiger partial charge in [-0.15, -0.1) is 0 Å². The molecule has 1 nitrogen and oxygen atoms in total. The van der Waals surface area contributed by atoms with E-state index in [1.807, 2.05) is 0 Å². The Morgan fingerprint density at radius 1 is 1.50 bits per heavy atom. The first-order valence-corrected chi connectivity index (χ1v) is 6.74. The van der Waals surface area contributed by atoms with Crippen LogP contribution >= 0.6 is 15.9 Å². The van der Waals surface area contributed by atoms with Crippen molar-refractivity contribution in [3.05, 3.63) is 0 Å². The summed E-state index contributed by atoms with van der Waals surface area (Å²) in [5.41, 5.74) is 0.466. The summed E-state index contributed by atoms with van der Waals surface area (Å²) in [4.78, 5) is 3.37. The highest BCUT2D eigenvalue weighted by atomic mass is 79.9. The standard InChI is InChI=1S/C12H24BrN/c1-5-10(2)14-7-6-11(13)8-12(3,4)9-14/h10-11H,5-9H2,1-4H3. The zero-order chi connectivity index (χ0) is 10.8. The fraction of sp³-hybridized carbons (Fsp3) is 1.00. The van der Waals surface area contributed by atoms with Crippen molar-refractivity contribution in [2.45, 2.75) is 57.8 Å². The first-order valence-electron chi connectivity index (χ1n) is 5.83. The lowest BCUT2D eigenvalue weighted by Gasteiger charge is -2.33. The molecular formula is C12H24BrN. The van der Waals surface area contributed by atoms with Gasteiger partial charge in [-0.2, -0.15) is 0 Å². The molecule has 1 heterocycles. The first-order chi connectivity index (χ1) is 6.44. The van der Waals surface area contributed by atoms with Crippen LogP contribution in [0.25, 0.3) is 0 Å². The normalized spacial score (nSPS) is 31.1. The number of hydrogen-bond donors (Lipinski definition) is 0. The molecule has 1 aliphatic rings. The Balaban J connectivity index is 2.62. The van der Waals surface area contributed by atoms with Gasteiger partial charge in [0, 0.05) is 17.4 Å². The van der Waals surface area contributed by atoms with Crippen molar-refractivity contribution in [3.8, 4) is 0 Å². The van der Waals surface area contributed by atoms with Gasteiger partial charge in [0.25, 0.3) is 0 Å². The fourth-order valence-electron chi connectivity index (χ4n) is 2.34. The number of halogens is 1. The molecule has 2 unspecified atom stereocenters. The Bertz CT molecular complexity index is 179. The van der Waals surface area contributed by atoms with E-state index in [0.29, 0.717) is 10.2 Å². The predicted molar refractivity (Wildman–Crippen MR) is 67.1 cm³/mol. The molecule has 2 atom stereocenters. The van der Waals surface area contributed by atoms with Crippen molar-refractivity contribution >= 4 is 15.9 Å². The molecule has 0 aromatic heterocycles. The summed E-state index contributed by atoms with van der Waals surface area (Å²) in [6, 6.07) is 0.743. The lowest BCUT2D eigenvalue weighted by Crippen LogP contribution is -2.38. The van der Waals surface area contributed by atoms with Crippen molar-refractivity contribution in [1.82, 2.24) is 4.90 Å². The van der Waals surface area contributed by atoms with E-state index in [9.17, 15) is 0 Å². The van der Waals surface area contributed by atoms with Crippen LogP contribution in [-0.2, 0) is 0 Å². The van der Waals surface area contributed by atoms with Gasteiger partial charge >= 0.3 is 0 Å². The van der Waals surface area contributed by atoms with E-state index in [2.05, 4.69) is 48.5 Å². The molecule has 0 aromatic carbocycles. The molecule has 1 aliphatic heterocycles. The summed E-state index contributed by atoms with van der Waals surface area (Å²) in [5.74, 6) is 0. The summed E-state index contributed by atoms with van der Waals surface area (Å²) in [6.45, 7) is 11.9. The second-order valence-corrected chi connectivity index (χ2v) is 6.78. The van der Waals surface area contributed by atoms with Crippen LogP contribution in [0.1, 0.15) is 47.0 Å². The molecule has 84 valence electrons. The van der Waals surface area contributed by atoms with Gasteiger partial charge in [0.2, 0.25) is 0 Å². The number of nitrogens with zero attached hydrogens (tertiary/aromatic N) is 1. The minimum absolute atomic E-state index is 0.466. The van der Waals surface area contributed by atoms with Crippen LogP contribution in [0.5, 0.6) is 0 Å². The predicted octanol–water partition coefficient (Wildman–Crippen LogP) is 3.67. The summed E-state index contributed by atoms with van der Waals surface area (Å²) < 4.78 is 0. The maximum atomic E-state index is 3.79. The molecule has 0 spiro atoms. The molecule has 0 aliphatic carbocycles. The highest BCUT2D eigenvalue weighted by molar-refractivity contribution is 9.09. The first kappa shape index (κ1) is 12.5. The molecule has 0 amide bonds. The van der Waals surface area contributed by atoms with Gasteiger partial charge in [0.15, 0.2) is 0 Å². The SMILES string of the molecule is CCC(C)N1CCC(Br)CC(C)(C)C1. The molecule has 1 fully saturated rings. The van der Waals surface area contributed by atoms with Gasteiger partial charge in [-0.1, -0.05) is 36.7 Å². The van der Waals surface area contributed by atoms with E-state index in [-0.39, 0.29) is 0 Å². The minimum Gasteiger partial charge on any atom is -0.300 e. The molecular weight excluding hydrogens is 238 g/mol. The van der Waals surface area contributed by atoms with Crippen molar-refractivity contribution in [2.24, 2.45) is 5.41 Å². The third-order valence-corrected chi connectivity index (χ3v) is 4.13. The third-order valence-electron chi connectivity index (χ3n) is 3.35. The molecule has 1 saturated heterocycles. The molecule has 0 radical (unpaired) electrons. The van der Waals surface area contributed by atoms with Gasteiger partial charge < -0.3 is 4.90 Å². The zero-order valence-electron chi connectivity index (χ0n) is 10.0. The average Bonchev–Trinajstić information content (AvgIpc) is 2.22. The molecule has 2 heteroatoms. The third kappa shape index (κ3) is 3.54. The zero-order valence-corrected chi connectivity index (χ0v) is 11.6. The molecule has 14 heavy (non-hydrogen) atoms. The highest BCUT2D eigenvalue weighted by Crippen LogP contribution is 2.32. The highest BCUT2D eigenvalue weighted by Gasteiger charge is 2.30. The number of hydrogen-bond acceptors (Lipinski definition) is 1. The fourth-order valence-corrected chi connectivity index (χ4v) is 3.42. The van der Waals surface area contributed by atoms with E-state index < -0.39 is 0 Å². The molecule has 0 saturated carbocycles. The summed E-state index contributed by atoms with van der Waals surface area (Å²) in [7, 11) is 0. The molecule has 0 bridgehead atoms. The second kappa shape index (κ2) is 4.98. The van der Waals surface area contributed by atoms with Crippen LogP contribution in [0, 0.1) is 5.41 Å². The summed E-state index contributed by atoms with van der Waals surface area (Å²) >= 11 is 3.79. The molecule has 0 aromatic rings. The van der Waals surface area contributed by atoms with Crippen LogP contribution in [-0.4, -0.2) is 28.9 Å².